The van der Waals surface area contributed by atoms with Crippen molar-refractivity contribution in [2.45, 2.75) is 32.0 Å². The van der Waals surface area contributed by atoms with Gasteiger partial charge in [0.05, 0.1) is 6.54 Å². The molecule has 0 aliphatic carbocycles. The van der Waals surface area contributed by atoms with Crippen molar-refractivity contribution in [2.75, 3.05) is 13.6 Å². The Hall–Kier alpha value is -2.77. The lowest BCUT2D eigenvalue weighted by Crippen LogP contribution is -2.36. The van der Waals surface area contributed by atoms with Crippen molar-refractivity contribution < 1.29 is 14.6 Å². The summed E-state index contributed by atoms with van der Waals surface area (Å²) in [7, 11) is 1.78. The molecule has 0 saturated heterocycles. The number of hydrogen-bond acceptors (Lipinski definition) is 3. The van der Waals surface area contributed by atoms with E-state index in [0.717, 1.165) is 12.2 Å². The standard InChI is InChI=1S/C22H23NO3/c1-22(2,25)12-11-16-7-6-9-18(13-16)21(24)23(3)15-19-14-17-8-4-5-10-20(17)26-19/h4-10,13,19,25H,14-15H2,1-3H3/t19-/m1/s1. The second kappa shape index (κ2) is 7.23. The van der Waals surface area contributed by atoms with E-state index in [1.54, 1.807) is 44.0 Å². The summed E-state index contributed by atoms with van der Waals surface area (Å²) < 4.78 is 5.92. The molecule has 4 nitrogen and oxygen atoms in total. The topological polar surface area (TPSA) is 49.8 Å². The minimum absolute atomic E-state index is 0.0282. The number of likely N-dealkylation sites (N-methyl/N-ethyl adjacent to an activating group) is 1. The maximum absolute atomic E-state index is 12.7. The summed E-state index contributed by atoms with van der Waals surface area (Å²) in [6, 6.07) is 15.1. The van der Waals surface area contributed by atoms with Crippen LogP contribution in [-0.4, -0.2) is 41.2 Å². The van der Waals surface area contributed by atoms with Crippen LogP contribution in [0.3, 0.4) is 0 Å². The molecule has 0 spiro atoms. The molecule has 1 heterocycles. The van der Waals surface area contributed by atoms with Crippen molar-refractivity contribution in [2.24, 2.45) is 0 Å². The first kappa shape index (κ1) is 18.0. The van der Waals surface area contributed by atoms with Crippen molar-refractivity contribution in [3.05, 3.63) is 65.2 Å². The van der Waals surface area contributed by atoms with Gasteiger partial charge in [-0.3, -0.25) is 4.79 Å². The highest BCUT2D eigenvalue weighted by molar-refractivity contribution is 5.94. The summed E-state index contributed by atoms with van der Waals surface area (Å²) in [6.45, 7) is 3.78. The summed E-state index contributed by atoms with van der Waals surface area (Å²) >= 11 is 0. The highest BCUT2D eigenvalue weighted by atomic mass is 16.5. The quantitative estimate of drug-likeness (QED) is 0.867. The second-order valence-electron chi connectivity index (χ2n) is 7.13. The van der Waals surface area contributed by atoms with Crippen molar-refractivity contribution in [1.82, 2.24) is 4.90 Å². The Bertz CT molecular complexity index is 846. The van der Waals surface area contributed by atoms with Gasteiger partial charge in [-0.1, -0.05) is 36.1 Å². The predicted molar refractivity (Wildman–Crippen MR) is 101 cm³/mol. The largest absolute Gasteiger partial charge is 0.488 e. The summed E-state index contributed by atoms with van der Waals surface area (Å²) in [6.07, 6.45) is 0.782. The van der Waals surface area contributed by atoms with E-state index in [1.165, 1.54) is 5.56 Å². The van der Waals surface area contributed by atoms with Crippen LogP contribution in [0, 0.1) is 11.8 Å². The first-order valence-corrected chi connectivity index (χ1v) is 8.67. The molecular formula is C22H23NO3. The number of nitrogens with zero attached hydrogens (tertiary/aromatic N) is 1. The zero-order valence-corrected chi connectivity index (χ0v) is 15.3. The third-order valence-electron chi connectivity index (χ3n) is 4.16. The molecule has 1 aliphatic heterocycles. The zero-order valence-electron chi connectivity index (χ0n) is 15.3. The molecule has 2 aromatic rings. The fraction of sp³-hybridized carbons (Fsp3) is 0.318. The minimum Gasteiger partial charge on any atom is -0.488 e. The molecule has 4 heteroatoms. The van der Waals surface area contributed by atoms with Crippen LogP contribution in [0.5, 0.6) is 5.75 Å². The molecule has 0 unspecified atom stereocenters. The van der Waals surface area contributed by atoms with E-state index >= 15 is 0 Å². The van der Waals surface area contributed by atoms with E-state index < -0.39 is 5.60 Å². The molecule has 1 amide bonds. The van der Waals surface area contributed by atoms with Crippen molar-refractivity contribution >= 4 is 5.91 Å². The molecule has 1 N–H and O–H groups in total. The Labute approximate surface area is 154 Å². The Morgan fingerprint density at radius 3 is 2.77 bits per heavy atom. The van der Waals surface area contributed by atoms with Crippen LogP contribution in [0.15, 0.2) is 48.5 Å². The normalized spacial score (nSPS) is 15.5. The average molecular weight is 349 g/mol. The maximum atomic E-state index is 12.7. The van der Waals surface area contributed by atoms with Crippen molar-refractivity contribution in [1.29, 1.82) is 0 Å². The lowest BCUT2D eigenvalue weighted by atomic mass is 10.1. The number of aliphatic hydroxyl groups is 1. The molecule has 0 radical (unpaired) electrons. The highest BCUT2D eigenvalue weighted by Crippen LogP contribution is 2.28. The van der Waals surface area contributed by atoms with Gasteiger partial charge >= 0.3 is 0 Å². The van der Waals surface area contributed by atoms with E-state index in [-0.39, 0.29) is 12.0 Å². The van der Waals surface area contributed by atoms with Gasteiger partial charge in [-0.2, -0.15) is 0 Å². The van der Waals surface area contributed by atoms with E-state index in [1.807, 2.05) is 24.3 Å². The van der Waals surface area contributed by atoms with Crippen LogP contribution in [0.2, 0.25) is 0 Å². The summed E-state index contributed by atoms with van der Waals surface area (Å²) in [4.78, 5) is 14.4. The number of ether oxygens (including phenoxy) is 1. The summed E-state index contributed by atoms with van der Waals surface area (Å²) in [5, 5.41) is 9.72. The molecule has 1 atom stereocenters. The number of rotatable bonds is 3. The number of amides is 1. The van der Waals surface area contributed by atoms with Gasteiger partial charge in [0, 0.05) is 24.6 Å². The van der Waals surface area contributed by atoms with Crippen LogP contribution in [0.4, 0.5) is 0 Å². The van der Waals surface area contributed by atoms with Crippen LogP contribution in [-0.2, 0) is 6.42 Å². The summed E-state index contributed by atoms with van der Waals surface area (Å²) in [5.74, 6) is 6.50. The SMILES string of the molecule is CN(C[C@H]1Cc2ccccc2O1)C(=O)c1cccc(C#CC(C)(C)O)c1. The predicted octanol–water partition coefficient (Wildman–Crippen LogP) is 2.88. The molecule has 1 aliphatic rings. The Balaban J connectivity index is 1.66. The van der Waals surface area contributed by atoms with Gasteiger partial charge < -0.3 is 14.7 Å². The molecule has 26 heavy (non-hydrogen) atoms. The van der Waals surface area contributed by atoms with Gasteiger partial charge in [0.2, 0.25) is 0 Å². The maximum Gasteiger partial charge on any atom is 0.253 e. The fourth-order valence-corrected chi connectivity index (χ4v) is 2.92. The van der Waals surface area contributed by atoms with Gasteiger partial charge in [0.25, 0.3) is 5.91 Å². The van der Waals surface area contributed by atoms with Crippen LogP contribution < -0.4 is 4.74 Å². The molecule has 0 fully saturated rings. The zero-order chi connectivity index (χ0) is 18.7. The Kier molecular flexibility index (Phi) is 5.01. The number of para-hydroxylation sites is 1. The third kappa shape index (κ3) is 4.44. The summed E-state index contributed by atoms with van der Waals surface area (Å²) in [5.41, 5.74) is 1.40. The van der Waals surface area contributed by atoms with E-state index in [9.17, 15) is 9.90 Å². The minimum atomic E-state index is -1.06. The van der Waals surface area contributed by atoms with Crippen molar-refractivity contribution in [3.63, 3.8) is 0 Å². The number of fused-ring (bicyclic) bond motifs is 1. The number of benzene rings is 2. The van der Waals surface area contributed by atoms with Crippen LogP contribution in [0.25, 0.3) is 0 Å². The average Bonchev–Trinajstić information content (AvgIpc) is 3.01. The Morgan fingerprint density at radius 1 is 1.27 bits per heavy atom. The molecule has 134 valence electrons. The molecular weight excluding hydrogens is 326 g/mol. The second-order valence-corrected chi connectivity index (χ2v) is 7.13. The lowest BCUT2D eigenvalue weighted by molar-refractivity contribution is 0.0730. The van der Waals surface area contributed by atoms with E-state index in [0.29, 0.717) is 17.7 Å². The van der Waals surface area contributed by atoms with Gasteiger partial charge in [-0.05, 0) is 43.7 Å². The van der Waals surface area contributed by atoms with Crippen LogP contribution in [0.1, 0.15) is 35.3 Å². The molecule has 0 aromatic heterocycles. The number of hydrogen-bond donors (Lipinski definition) is 1. The highest BCUT2D eigenvalue weighted by Gasteiger charge is 2.25. The smallest absolute Gasteiger partial charge is 0.253 e. The van der Waals surface area contributed by atoms with Gasteiger partial charge in [0.1, 0.15) is 17.5 Å². The van der Waals surface area contributed by atoms with Gasteiger partial charge in [-0.15, -0.1) is 0 Å². The van der Waals surface area contributed by atoms with Crippen molar-refractivity contribution in [3.8, 4) is 17.6 Å². The fourth-order valence-electron chi connectivity index (χ4n) is 2.92. The first-order valence-electron chi connectivity index (χ1n) is 8.67. The monoisotopic (exact) mass is 349 g/mol. The van der Waals surface area contributed by atoms with Gasteiger partial charge in [-0.25, -0.2) is 0 Å². The molecule has 2 aromatic carbocycles. The molecule has 0 saturated carbocycles. The van der Waals surface area contributed by atoms with E-state index in [2.05, 4.69) is 17.9 Å². The number of carbonyl (C=O) groups is 1. The van der Waals surface area contributed by atoms with Gasteiger partial charge in [0.15, 0.2) is 0 Å². The molecule has 3 rings (SSSR count). The third-order valence-corrected chi connectivity index (χ3v) is 4.16. The van der Waals surface area contributed by atoms with E-state index in [4.69, 9.17) is 4.74 Å². The first-order chi connectivity index (χ1) is 12.3. The van der Waals surface area contributed by atoms with Crippen LogP contribution >= 0.6 is 0 Å². The number of carbonyl (C=O) groups excluding carboxylic acids is 1. The molecule has 0 bridgehead atoms. The Morgan fingerprint density at radius 2 is 2.04 bits per heavy atom. The lowest BCUT2D eigenvalue weighted by Gasteiger charge is -2.21.